The lowest BCUT2D eigenvalue weighted by atomic mass is 10.1. The number of para-hydroxylation sites is 1. The van der Waals surface area contributed by atoms with E-state index in [0.717, 1.165) is 10.0 Å². The standard InChI is InChI=1S/C15H16BrNO2S/c1-11-7-8-12(9-13(11)16)10-17-14-5-3-4-6-15(14)20(2,18)19/h3-9,17H,10H2,1-2H3. The summed E-state index contributed by atoms with van der Waals surface area (Å²) in [5.41, 5.74) is 2.89. The lowest BCUT2D eigenvalue weighted by Gasteiger charge is -2.11. The molecule has 0 unspecified atom stereocenters. The van der Waals surface area contributed by atoms with Gasteiger partial charge in [0.15, 0.2) is 9.84 Å². The fourth-order valence-electron chi connectivity index (χ4n) is 1.88. The van der Waals surface area contributed by atoms with Gasteiger partial charge in [-0.05, 0) is 36.2 Å². The molecule has 2 rings (SSSR count). The highest BCUT2D eigenvalue weighted by atomic mass is 79.9. The predicted molar refractivity (Wildman–Crippen MR) is 85.8 cm³/mol. The smallest absolute Gasteiger partial charge is 0.177 e. The van der Waals surface area contributed by atoms with E-state index >= 15 is 0 Å². The Balaban J connectivity index is 2.21. The first-order valence-corrected chi connectivity index (χ1v) is 8.84. The van der Waals surface area contributed by atoms with Gasteiger partial charge in [0.25, 0.3) is 0 Å². The molecule has 0 spiro atoms. The number of anilines is 1. The van der Waals surface area contributed by atoms with E-state index in [9.17, 15) is 8.42 Å². The Labute approximate surface area is 128 Å². The topological polar surface area (TPSA) is 46.2 Å². The summed E-state index contributed by atoms with van der Waals surface area (Å²) in [6.45, 7) is 2.60. The number of sulfone groups is 1. The Bertz CT molecular complexity index is 726. The molecule has 0 heterocycles. The lowest BCUT2D eigenvalue weighted by molar-refractivity contribution is 0.602. The molecule has 0 aliphatic rings. The highest BCUT2D eigenvalue weighted by Crippen LogP contribution is 2.22. The summed E-state index contributed by atoms with van der Waals surface area (Å²) in [6, 6.07) is 13.0. The van der Waals surface area contributed by atoms with Gasteiger partial charge < -0.3 is 5.32 Å². The van der Waals surface area contributed by atoms with Gasteiger partial charge in [0.05, 0.1) is 10.6 Å². The second-order valence-electron chi connectivity index (χ2n) is 4.71. The summed E-state index contributed by atoms with van der Waals surface area (Å²) in [7, 11) is -3.22. The fraction of sp³-hybridized carbons (Fsp3) is 0.200. The first-order valence-electron chi connectivity index (χ1n) is 6.16. The molecule has 0 fully saturated rings. The van der Waals surface area contributed by atoms with E-state index in [2.05, 4.69) is 21.2 Å². The van der Waals surface area contributed by atoms with E-state index in [1.807, 2.05) is 31.2 Å². The van der Waals surface area contributed by atoms with E-state index < -0.39 is 9.84 Å². The van der Waals surface area contributed by atoms with Crippen LogP contribution < -0.4 is 5.32 Å². The molecular weight excluding hydrogens is 338 g/mol. The van der Waals surface area contributed by atoms with E-state index in [-0.39, 0.29) is 0 Å². The summed E-state index contributed by atoms with van der Waals surface area (Å²) >= 11 is 3.49. The van der Waals surface area contributed by atoms with Gasteiger partial charge in [-0.1, -0.05) is 40.2 Å². The summed E-state index contributed by atoms with van der Waals surface area (Å²) in [6.07, 6.45) is 1.22. The van der Waals surface area contributed by atoms with Crippen molar-refractivity contribution >= 4 is 31.5 Å². The lowest BCUT2D eigenvalue weighted by Crippen LogP contribution is -2.06. The van der Waals surface area contributed by atoms with Gasteiger partial charge in [-0.15, -0.1) is 0 Å². The summed E-state index contributed by atoms with van der Waals surface area (Å²) < 4.78 is 24.5. The molecule has 0 aliphatic carbocycles. The van der Waals surface area contributed by atoms with Crippen LogP contribution in [-0.2, 0) is 16.4 Å². The van der Waals surface area contributed by atoms with Crippen molar-refractivity contribution in [1.82, 2.24) is 0 Å². The summed E-state index contributed by atoms with van der Waals surface area (Å²) in [5, 5.41) is 3.18. The average Bonchev–Trinajstić information content (AvgIpc) is 2.39. The largest absolute Gasteiger partial charge is 0.380 e. The van der Waals surface area contributed by atoms with Crippen LogP contribution in [0.2, 0.25) is 0 Å². The van der Waals surface area contributed by atoms with Crippen LogP contribution in [0.3, 0.4) is 0 Å². The SMILES string of the molecule is Cc1ccc(CNc2ccccc2S(C)(=O)=O)cc1Br. The maximum Gasteiger partial charge on any atom is 0.177 e. The molecule has 1 N–H and O–H groups in total. The quantitative estimate of drug-likeness (QED) is 0.909. The molecule has 5 heteroatoms. The first-order chi connectivity index (χ1) is 9.38. The van der Waals surface area contributed by atoms with Crippen molar-refractivity contribution in [2.45, 2.75) is 18.4 Å². The molecule has 0 radical (unpaired) electrons. The molecule has 0 aliphatic heterocycles. The highest BCUT2D eigenvalue weighted by Gasteiger charge is 2.12. The second kappa shape index (κ2) is 5.97. The number of halogens is 1. The fourth-order valence-corrected chi connectivity index (χ4v) is 3.17. The van der Waals surface area contributed by atoms with Crippen LogP contribution >= 0.6 is 15.9 Å². The molecule has 0 saturated heterocycles. The number of nitrogens with one attached hydrogen (secondary N) is 1. The van der Waals surface area contributed by atoms with E-state index in [0.29, 0.717) is 17.1 Å². The molecule has 2 aromatic rings. The summed E-state index contributed by atoms with van der Waals surface area (Å²) in [4.78, 5) is 0.325. The average molecular weight is 354 g/mol. The van der Waals surface area contributed by atoms with Crippen molar-refractivity contribution in [3.05, 3.63) is 58.1 Å². The number of hydrogen-bond donors (Lipinski definition) is 1. The first kappa shape index (κ1) is 15.1. The molecule has 0 amide bonds. The predicted octanol–water partition coefficient (Wildman–Crippen LogP) is 3.77. The van der Waals surface area contributed by atoms with E-state index in [1.165, 1.54) is 11.8 Å². The number of benzene rings is 2. The van der Waals surface area contributed by atoms with Gasteiger partial charge in [0, 0.05) is 17.3 Å². The normalized spacial score (nSPS) is 11.3. The molecule has 0 aromatic heterocycles. The third-order valence-corrected chi connectivity index (χ3v) is 5.02. The molecule has 0 bridgehead atoms. The Morgan fingerprint density at radius 3 is 2.50 bits per heavy atom. The Morgan fingerprint density at radius 1 is 1.15 bits per heavy atom. The molecular formula is C15H16BrNO2S. The third kappa shape index (κ3) is 3.61. The van der Waals surface area contributed by atoms with Crippen LogP contribution in [0, 0.1) is 6.92 Å². The third-order valence-electron chi connectivity index (χ3n) is 3.01. The van der Waals surface area contributed by atoms with E-state index in [4.69, 9.17) is 0 Å². The van der Waals surface area contributed by atoms with Crippen molar-refractivity contribution in [2.75, 3.05) is 11.6 Å². The van der Waals surface area contributed by atoms with Crippen molar-refractivity contribution in [3.8, 4) is 0 Å². The molecule has 106 valence electrons. The molecule has 20 heavy (non-hydrogen) atoms. The van der Waals surface area contributed by atoms with E-state index in [1.54, 1.807) is 18.2 Å². The van der Waals surface area contributed by atoms with Gasteiger partial charge in [-0.2, -0.15) is 0 Å². The van der Waals surface area contributed by atoms with Crippen molar-refractivity contribution in [3.63, 3.8) is 0 Å². The maximum absolute atomic E-state index is 11.7. The minimum absolute atomic E-state index is 0.325. The van der Waals surface area contributed by atoms with Crippen LogP contribution in [0.15, 0.2) is 51.8 Å². The van der Waals surface area contributed by atoms with Crippen molar-refractivity contribution in [2.24, 2.45) is 0 Å². The minimum Gasteiger partial charge on any atom is -0.380 e. The molecule has 3 nitrogen and oxygen atoms in total. The highest BCUT2D eigenvalue weighted by molar-refractivity contribution is 9.10. The van der Waals surface area contributed by atoms with Crippen LogP contribution in [0.4, 0.5) is 5.69 Å². The number of hydrogen-bond acceptors (Lipinski definition) is 3. The Morgan fingerprint density at radius 2 is 1.85 bits per heavy atom. The maximum atomic E-state index is 11.7. The van der Waals surface area contributed by atoms with Crippen LogP contribution in [0.1, 0.15) is 11.1 Å². The van der Waals surface area contributed by atoms with Gasteiger partial charge in [-0.25, -0.2) is 8.42 Å². The van der Waals surface area contributed by atoms with Crippen LogP contribution in [-0.4, -0.2) is 14.7 Å². The minimum atomic E-state index is -3.22. The van der Waals surface area contributed by atoms with Crippen molar-refractivity contribution < 1.29 is 8.42 Å². The van der Waals surface area contributed by atoms with Crippen LogP contribution in [0.5, 0.6) is 0 Å². The Kier molecular flexibility index (Phi) is 4.50. The monoisotopic (exact) mass is 353 g/mol. The number of aryl methyl sites for hydroxylation is 1. The zero-order chi connectivity index (χ0) is 14.8. The van der Waals surface area contributed by atoms with Gasteiger partial charge in [0.2, 0.25) is 0 Å². The van der Waals surface area contributed by atoms with Crippen LogP contribution in [0.25, 0.3) is 0 Å². The second-order valence-corrected chi connectivity index (χ2v) is 7.54. The van der Waals surface area contributed by atoms with Gasteiger partial charge in [0.1, 0.15) is 0 Å². The van der Waals surface area contributed by atoms with Gasteiger partial charge >= 0.3 is 0 Å². The van der Waals surface area contributed by atoms with Gasteiger partial charge in [-0.3, -0.25) is 0 Å². The molecule has 2 aromatic carbocycles. The Hall–Kier alpha value is -1.33. The zero-order valence-electron chi connectivity index (χ0n) is 11.4. The summed E-state index contributed by atoms with van der Waals surface area (Å²) in [5.74, 6) is 0. The zero-order valence-corrected chi connectivity index (χ0v) is 13.8. The molecule has 0 atom stereocenters. The number of rotatable bonds is 4. The molecule has 0 saturated carbocycles. The van der Waals surface area contributed by atoms with Crippen molar-refractivity contribution in [1.29, 1.82) is 0 Å².